The number of carbonyl (C=O) groups is 3. The number of nitrogens with one attached hydrogen (secondary N) is 1. The molecule has 26 heavy (non-hydrogen) atoms. The summed E-state index contributed by atoms with van der Waals surface area (Å²) in [7, 11) is 0. The number of nitrogens with zero attached hydrogens (tertiary/aromatic N) is 2. The minimum atomic E-state index is -0.875. The van der Waals surface area contributed by atoms with E-state index >= 15 is 0 Å². The number of urea groups is 1. The Kier molecular flexibility index (Phi) is 5.70. The van der Waals surface area contributed by atoms with E-state index in [0.717, 1.165) is 19.5 Å². The van der Waals surface area contributed by atoms with Gasteiger partial charge in [0, 0.05) is 34.3 Å². The van der Waals surface area contributed by atoms with Crippen LogP contribution in [0.5, 0.6) is 0 Å². The third kappa shape index (κ3) is 3.79. The first-order valence-corrected chi connectivity index (χ1v) is 9.91. The SMILES string of the molecule is CCN1CCN(C(=O)NC[C@H](O)c2ccc(-c3cccs3)s2)C(=O)C1=O. The maximum atomic E-state index is 12.2. The first kappa shape index (κ1) is 18.6. The zero-order valence-electron chi connectivity index (χ0n) is 14.2. The number of amides is 4. The molecular weight excluding hydrogens is 374 g/mol. The first-order chi connectivity index (χ1) is 12.5. The Morgan fingerprint density at radius 1 is 1.23 bits per heavy atom. The number of imide groups is 1. The second kappa shape index (κ2) is 7.98. The summed E-state index contributed by atoms with van der Waals surface area (Å²) in [6.07, 6.45) is -0.875. The lowest BCUT2D eigenvalue weighted by atomic mass is 10.2. The van der Waals surface area contributed by atoms with E-state index in [1.807, 2.05) is 29.6 Å². The zero-order chi connectivity index (χ0) is 18.7. The van der Waals surface area contributed by atoms with Crippen molar-refractivity contribution < 1.29 is 19.5 Å². The van der Waals surface area contributed by atoms with Gasteiger partial charge < -0.3 is 15.3 Å². The quantitative estimate of drug-likeness (QED) is 0.760. The topological polar surface area (TPSA) is 89.9 Å². The molecule has 2 aromatic heterocycles. The van der Waals surface area contributed by atoms with Crippen LogP contribution >= 0.6 is 22.7 Å². The fourth-order valence-electron chi connectivity index (χ4n) is 2.63. The van der Waals surface area contributed by atoms with Gasteiger partial charge in [0.1, 0.15) is 6.10 Å². The van der Waals surface area contributed by atoms with Crippen LogP contribution in [0.3, 0.4) is 0 Å². The molecule has 0 spiro atoms. The maximum Gasteiger partial charge on any atom is 0.324 e. The predicted molar refractivity (Wildman–Crippen MR) is 100.0 cm³/mol. The molecule has 0 unspecified atom stereocenters. The Labute approximate surface area is 158 Å². The fourth-order valence-corrected chi connectivity index (χ4v) is 4.46. The standard InChI is InChI=1S/C17H19N3O4S2/c1-2-19-7-8-20(16(23)15(19)22)17(24)18-10-11(21)12-5-6-14(26-12)13-4-3-9-25-13/h3-6,9,11,21H,2,7-8,10H2,1H3,(H,18,24)/t11-/m0/s1. The lowest BCUT2D eigenvalue weighted by Gasteiger charge is -2.31. The highest BCUT2D eigenvalue weighted by molar-refractivity contribution is 7.21. The molecule has 0 bridgehead atoms. The number of thiophene rings is 2. The molecule has 4 amide bonds. The highest BCUT2D eigenvalue weighted by atomic mass is 32.1. The number of hydrogen-bond acceptors (Lipinski definition) is 6. The maximum absolute atomic E-state index is 12.2. The number of carbonyl (C=O) groups excluding carboxylic acids is 3. The molecule has 1 fully saturated rings. The highest BCUT2D eigenvalue weighted by Gasteiger charge is 2.35. The molecule has 138 valence electrons. The smallest absolute Gasteiger partial charge is 0.324 e. The molecule has 1 saturated heterocycles. The molecular formula is C17H19N3O4S2. The van der Waals surface area contributed by atoms with Crippen molar-refractivity contribution in [2.24, 2.45) is 0 Å². The third-order valence-corrected chi connectivity index (χ3v) is 6.35. The Balaban J connectivity index is 1.56. The lowest BCUT2D eigenvalue weighted by Crippen LogP contribution is -2.58. The Hall–Kier alpha value is -2.23. The predicted octanol–water partition coefficient (Wildman–Crippen LogP) is 1.91. The Morgan fingerprint density at radius 3 is 2.73 bits per heavy atom. The van der Waals surface area contributed by atoms with E-state index in [-0.39, 0.29) is 13.1 Å². The van der Waals surface area contributed by atoms with Crippen molar-refractivity contribution in [1.82, 2.24) is 15.1 Å². The van der Waals surface area contributed by atoms with Crippen LogP contribution in [0.2, 0.25) is 0 Å². The van der Waals surface area contributed by atoms with Crippen LogP contribution in [0.25, 0.3) is 9.75 Å². The molecule has 1 atom stereocenters. The van der Waals surface area contributed by atoms with E-state index in [1.165, 1.54) is 16.2 Å². The molecule has 0 aromatic carbocycles. The molecule has 2 aromatic rings. The first-order valence-electron chi connectivity index (χ1n) is 8.21. The van der Waals surface area contributed by atoms with Crippen molar-refractivity contribution in [3.05, 3.63) is 34.5 Å². The van der Waals surface area contributed by atoms with Gasteiger partial charge in [-0.25, -0.2) is 4.79 Å². The van der Waals surface area contributed by atoms with Crippen LogP contribution in [0, 0.1) is 0 Å². The van der Waals surface area contributed by atoms with Gasteiger partial charge in [0.15, 0.2) is 0 Å². The van der Waals surface area contributed by atoms with Crippen molar-refractivity contribution in [2.75, 3.05) is 26.2 Å². The average Bonchev–Trinajstić information content (AvgIpc) is 3.32. The van der Waals surface area contributed by atoms with Gasteiger partial charge in [0.2, 0.25) is 0 Å². The largest absolute Gasteiger partial charge is 0.386 e. The fraction of sp³-hybridized carbons (Fsp3) is 0.353. The summed E-state index contributed by atoms with van der Waals surface area (Å²) in [5, 5.41) is 14.8. The van der Waals surface area contributed by atoms with Crippen molar-refractivity contribution >= 4 is 40.5 Å². The van der Waals surface area contributed by atoms with Gasteiger partial charge in [-0.2, -0.15) is 0 Å². The number of aliphatic hydroxyl groups excluding tert-OH is 1. The third-order valence-electron chi connectivity index (χ3n) is 4.10. The van der Waals surface area contributed by atoms with Gasteiger partial charge in [0.25, 0.3) is 0 Å². The molecule has 3 rings (SSSR count). The number of hydrogen-bond donors (Lipinski definition) is 2. The van der Waals surface area contributed by atoms with Gasteiger partial charge in [0.05, 0.1) is 6.54 Å². The van der Waals surface area contributed by atoms with Gasteiger partial charge >= 0.3 is 17.8 Å². The zero-order valence-corrected chi connectivity index (χ0v) is 15.8. The number of rotatable bonds is 5. The molecule has 0 radical (unpaired) electrons. The minimum absolute atomic E-state index is 0.0291. The van der Waals surface area contributed by atoms with Crippen LogP contribution in [0.4, 0.5) is 4.79 Å². The van der Waals surface area contributed by atoms with Crippen LogP contribution < -0.4 is 5.32 Å². The molecule has 1 aliphatic heterocycles. The highest BCUT2D eigenvalue weighted by Crippen LogP contribution is 2.33. The Bertz CT molecular complexity index is 803. The number of aliphatic hydroxyl groups is 1. The van der Waals surface area contributed by atoms with Crippen LogP contribution in [0.15, 0.2) is 29.6 Å². The van der Waals surface area contributed by atoms with Crippen LogP contribution in [-0.2, 0) is 9.59 Å². The average molecular weight is 393 g/mol. The van der Waals surface area contributed by atoms with E-state index in [4.69, 9.17) is 0 Å². The van der Waals surface area contributed by atoms with Crippen molar-refractivity contribution in [3.8, 4) is 9.75 Å². The van der Waals surface area contributed by atoms with Crippen molar-refractivity contribution in [2.45, 2.75) is 13.0 Å². The summed E-state index contributed by atoms with van der Waals surface area (Å²) in [5.41, 5.74) is 0. The molecule has 0 aliphatic carbocycles. The lowest BCUT2D eigenvalue weighted by molar-refractivity contribution is -0.153. The summed E-state index contributed by atoms with van der Waals surface area (Å²) in [5.74, 6) is -1.51. The van der Waals surface area contributed by atoms with Gasteiger partial charge in [-0.05, 0) is 30.5 Å². The van der Waals surface area contributed by atoms with E-state index in [1.54, 1.807) is 18.3 Å². The van der Waals surface area contributed by atoms with Crippen molar-refractivity contribution in [3.63, 3.8) is 0 Å². The molecule has 7 nitrogen and oxygen atoms in total. The molecule has 0 saturated carbocycles. The molecule has 1 aliphatic rings. The van der Waals surface area contributed by atoms with Gasteiger partial charge in [-0.15, -0.1) is 22.7 Å². The summed E-state index contributed by atoms with van der Waals surface area (Å²) < 4.78 is 0. The Morgan fingerprint density at radius 2 is 2.04 bits per heavy atom. The number of piperazine rings is 1. The monoisotopic (exact) mass is 393 g/mol. The summed E-state index contributed by atoms with van der Waals surface area (Å²) in [6, 6.07) is 7.07. The normalized spacial score (nSPS) is 16.1. The van der Waals surface area contributed by atoms with Crippen LogP contribution in [-0.4, -0.2) is 58.9 Å². The van der Waals surface area contributed by atoms with E-state index in [9.17, 15) is 19.5 Å². The summed E-state index contributed by atoms with van der Waals surface area (Å²) >= 11 is 3.08. The molecule has 3 heterocycles. The van der Waals surface area contributed by atoms with Gasteiger partial charge in [-0.3, -0.25) is 14.5 Å². The van der Waals surface area contributed by atoms with Crippen molar-refractivity contribution in [1.29, 1.82) is 0 Å². The van der Waals surface area contributed by atoms with E-state index in [0.29, 0.717) is 13.1 Å². The minimum Gasteiger partial charge on any atom is -0.386 e. The molecule has 9 heteroatoms. The second-order valence-corrected chi connectivity index (χ2v) is 7.79. The molecule has 2 N–H and O–H groups in total. The van der Waals surface area contributed by atoms with Crippen LogP contribution in [0.1, 0.15) is 17.9 Å². The second-order valence-electron chi connectivity index (χ2n) is 5.72. The summed E-state index contributed by atoms with van der Waals surface area (Å²) in [4.78, 5) is 41.2. The summed E-state index contributed by atoms with van der Waals surface area (Å²) in [6.45, 7) is 2.67. The van der Waals surface area contributed by atoms with E-state index in [2.05, 4.69) is 5.32 Å². The number of likely N-dealkylation sites (N-methyl/N-ethyl adjacent to an activating group) is 1. The van der Waals surface area contributed by atoms with Gasteiger partial charge in [-0.1, -0.05) is 6.07 Å². The van der Waals surface area contributed by atoms with E-state index < -0.39 is 23.9 Å².